The third-order valence-electron chi connectivity index (χ3n) is 2.15. The molecule has 0 aliphatic carbocycles. The van der Waals surface area contributed by atoms with Gasteiger partial charge in [-0.25, -0.2) is 9.11 Å². The summed E-state index contributed by atoms with van der Waals surface area (Å²) in [6.07, 6.45) is 0. The van der Waals surface area contributed by atoms with Crippen molar-refractivity contribution in [3.63, 3.8) is 0 Å². The lowest BCUT2D eigenvalue weighted by atomic mass is 10.1. The minimum absolute atomic E-state index is 0.167. The minimum atomic E-state index is -3.61. The zero-order valence-electron chi connectivity index (χ0n) is 9.83. The number of hydrogen-bond acceptors (Lipinski definition) is 3. The highest BCUT2D eigenvalue weighted by Gasteiger charge is 2.10. The number of rotatable bonds is 6. The van der Waals surface area contributed by atoms with E-state index in [4.69, 9.17) is 11.1 Å². The molecule has 0 aliphatic heterocycles. The van der Waals surface area contributed by atoms with E-state index >= 15 is 0 Å². The maximum atomic E-state index is 13.6. The van der Waals surface area contributed by atoms with Gasteiger partial charge in [-0.1, -0.05) is 19.1 Å². The predicted molar refractivity (Wildman–Crippen MR) is 66.9 cm³/mol. The number of amidine groups is 1. The van der Waals surface area contributed by atoms with Crippen molar-refractivity contribution in [2.24, 2.45) is 5.73 Å². The Morgan fingerprint density at radius 3 is 2.61 bits per heavy atom. The fraction of sp³-hybridized carbons (Fsp3) is 0.300. The van der Waals surface area contributed by atoms with Crippen molar-refractivity contribution in [1.29, 1.82) is 5.41 Å². The molecule has 1 aromatic rings. The van der Waals surface area contributed by atoms with Crippen molar-refractivity contribution < 1.29 is 12.8 Å². The summed E-state index contributed by atoms with van der Waals surface area (Å²) in [6.45, 7) is 1.72. The van der Waals surface area contributed by atoms with Crippen LogP contribution in [0.5, 0.6) is 0 Å². The molecule has 0 saturated heterocycles. The van der Waals surface area contributed by atoms with Crippen LogP contribution in [0.3, 0.4) is 0 Å². The highest BCUT2D eigenvalue weighted by atomic mass is 32.2. The molecule has 0 heterocycles. The molecule has 0 aliphatic rings. The van der Waals surface area contributed by atoms with Crippen molar-refractivity contribution in [3.05, 3.63) is 35.1 Å². The van der Waals surface area contributed by atoms with Crippen LogP contribution in [0.2, 0.25) is 0 Å². The predicted octanol–water partition coefficient (Wildman–Crippen LogP) is 0.0537. The minimum Gasteiger partial charge on any atom is -0.384 e. The molecular formula is C10H15FN4O2S. The summed E-state index contributed by atoms with van der Waals surface area (Å²) in [6, 6.07) is 3.95. The van der Waals surface area contributed by atoms with Gasteiger partial charge in [0.15, 0.2) is 0 Å². The third-order valence-corrected chi connectivity index (χ3v) is 3.34. The Kier molecular flexibility index (Phi) is 4.76. The molecule has 0 amide bonds. The maximum absolute atomic E-state index is 13.6. The van der Waals surface area contributed by atoms with E-state index in [1.165, 1.54) is 12.1 Å². The second kappa shape index (κ2) is 5.89. The average Bonchev–Trinajstić information content (AvgIpc) is 2.27. The standard InChI is InChI=1S/C10H15FN4O2S/c1-2-14-18(16,17)15-6-8-4-3-7(10(12)13)5-9(8)11/h3-5,14-15H,2,6H2,1H3,(H3,12,13). The first-order valence-corrected chi connectivity index (χ1v) is 6.71. The highest BCUT2D eigenvalue weighted by Crippen LogP contribution is 2.10. The topological polar surface area (TPSA) is 108 Å². The fourth-order valence-electron chi connectivity index (χ4n) is 1.27. The molecule has 6 nitrogen and oxygen atoms in total. The van der Waals surface area contributed by atoms with Crippen LogP contribution in [0.15, 0.2) is 18.2 Å². The molecule has 5 N–H and O–H groups in total. The van der Waals surface area contributed by atoms with Crippen LogP contribution in [0.1, 0.15) is 18.1 Å². The van der Waals surface area contributed by atoms with E-state index in [-0.39, 0.29) is 30.1 Å². The second-order valence-corrected chi connectivity index (χ2v) is 5.13. The fourth-order valence-corrected chi connectivity index (χ4v) is 2.10. The van der Waals surface area contributed by atoms with Crippen LogP contribution in [-0.4, -0.2) is 20.8 Å². The summed E-state index contributed by atoms with van der Waals surface area (Å²) in [7, 11) is -3.61. The zero-order chi connectivity index (χ0) is 13.8. The van der Waals surface area contributed by atoms with Gasteiger partial charge in [0.1, 0.15) is 11.7 Å². The lowest BCUT2D eigenvalue weighted by molar-refractivity contribution is 0.563. The Labute approximate surface area is 105 Å². The number of hydrogen-bond donors (Lipinski definition) is 4. The highest BCUT2D eigenvalue weighted by molar-refractivity contribution is 7.87. The molecule has 0 unspecified atom stereocenters. The van der Waals surface area contributed by atoms with Gasteiger partial charge in [-0.2, -0.15) is 13.1 Å². The molecule has 0 atom stereocenters. The summed E-state index contributed by atoms with van der Waals surface area (Å²) >= 11 is 0. The van der Waals surface area contributed by atoms with E-state index in [1.807, 2.05) is 0 Å². The lowest BCUT2D eigenvalue weighted by Crippen LogP contribution is -2.36. The first-order chi connectivity index (χ1) is 8.35. The van der Waals surface area contributed by atoms with Gasteiger partial charge in [-0.15, -0.1) is 0 Å². The summed E-state index contributed by atoms with van der Waals surface area (Å²) < 4.78 is 40.6. The molecule has 18 heavy (non-hydrogen) atoms. The molecule has 0 aromatic heterocycles. The van der Waals surface area contributed by atoms with E-state index in [0.29, 0.717) is 0 Å². The lowest BCUT2D eigenvalue weighted by Gasteiger charge is -2.08. The van der Waals surface area contributed by atoms with Crippen LogP contribution >= 0.6 is 0 Å². The van der Waals surface area contributed by atoms with Crippen LogP contribution in [0.4, 0.5) is 4.39 Å². The largest absolute Gasteiger partial charge is 0.384 e. The molecular weight excluding hydrogens is 259 g/mol. The molecule has 1 aromatic carbocycles. The van der Waals surface area contributed by atoms with E-state index in [9.17, 15) is 12.8 Å². The summed E-state index contributed by atoms with van der Waals surface area (Å²) in [4.78, 5) is 0. The van der Waals surface area contributed by atoms with E-state index in [1.54, 1.807) is 6.92 Å². The van der Waals surface area contributed by atoms with Crippen LogP contribution in [0, 0.1) is 11.2 Å². The Balaban J connectivity index is 2.78. The van der Waals surface area contributed by atoms with Gasteiger partial charge in [0.2, 0.25) is 0 Å². The number of halogens is 1. The Hall–Kier alpha value is -1.51. The third kappa shape index (κ3) is 4.06. The molecule has 0 spiro atoms. The number of benzene rings is 1. The summed E-state index contributed by atoms with van der Waals surface area (Å²) in [5, 5.41) is 7.15. The average molecular weight is 274 g/mol. The number of nitrogens with two attached hydrogens (primary N) is 1. The van der Waals surface area contributed by atoms with Gasteiger partial charge < -0.3 is 5.73 Å². The smallest absolute Gasteiger partial charge is 0.277 e. The first-order valence-electron chi connectivity index (χ1n) is 5.23. The molecule has 8 heteroatoms. The summed E-state index contributed by atoms with van der Waals surface area (Å²) in [5.74, 6) is -0.851. The van der Waals surface area contributed by atoms with Crippen molar-refractivity contribution in [2.75, 3.05) is 6.54 Å². The molecule has 0 saturated carbocycles. The van der Waals surface area contributed by atoms with E-state index < -0.39 is 16.0 Å². The maximum Gasteiger partial charge on any atom is 0.277 e. The van der Waals surface area contributed by atoms with Gasteiger partial charge in [0.25, 0.3) is 10.2 Å². The second-order valence-electron chi connectivity index (χ2n) is 3.54. The molecule has 100 valence electrons. The van der Waals surface area contributed by atoms with E-state index in [0.717, 1.165) is 6.07 Å². The summed E-state index contributed by atoms with van der Waals surface area (Å²) in [5.41, 5.74) is 5.65. The van der Waals surface area contributed by atoms with Crippen molar-refractivity contribution >= 4 is 16.0 Å². The van der Waals surface area contributed by atoms with Crippen LogP contribution in [-0.2, 0) is 16.8 Å². The van der Waals surface area contributed by atoms with Crippen molar-refractivity contribution in [2.45, 2.75) is 13.5 Å². The molecule has 1 rings (SSSR count). The van der Waals surface area contributed by atoms with Gasteiger partial charge in [0, 0.05) is 24.2 Å². The number of nitrogens with one attached hydrogen (secondary N) is 3. The van der Waals surface area contributed by atoms with Gasteiger partial charge in [-0.05, 0) is 6.07 Å². The normalized spacial score (nSPS) is 11.4. The quantitative estimate of drug-likeness (QED) is 0.435. The van der Waals surface area contributed by atoms with Gasteiger partial charge in [0.05, 0.1) is 0 Å². The number of nitrogen functional groups attached to an aromatic ring is 1. The Bertz CT molecular complexity index is 545. The van der Waals surface area contributed by atoms with Crippen LogP contribution < -0.4 is 15.2 Å². The molecule has 0 bridgehead atoms. The van der Waals surface area contributed by atoms with Gasteiger partial charge >= 0.3 is 0 Å². The van der Waals surface area contributed by atoms with Crippen LogP contribution in [0.25, 0.3) is 0 Å². The van der Waals surface area contributed by atoms with Crippen molar-refractivity contribution in [3.8, 4) is 0 Å². The van der Waals surface area contributed by atoms with Crippen molar-refractivity contribution in [1.82, 2.24) is 9.44 Å². The van der Waals surface area contributed by atoms with Gasteiger partial charge in [-0.3, -0.25) is 5.41 Å². The molecule has 0 radical (unpaired) electrons. The first kappa shape index (κ1) is 14.6. The Morgan fingerprint density at radius 2 is 2.11 bits per heavy atom. The zero-order valence-corrected chi connectivity index (χ0v) is 10.6. The SMILES string of the molecule is CCNS(=O)(=O)NCc1ccc(C(=N)N)cc1F. The molecule has 0 fully saturated rings. The Morgan fingerprint density at radius 1 is 1.44 bits per heavy atom. The monoisotopic (exact) mass is 274 g/mol. The van der Waals surface area contributed by atoms with E-state index in [2.05, 4.69) is 9.44 Å².